The summed E-state index contributed by atoms with van der Waals surface area (Å²) in [6.07, 6.45) is -4.66. The molecule has 1 N–H and O–H groups in total. The number of hydrogen-bond donors (Lipinski definition) is 1. The van der Waals surface area contributed by atoms with E-state index < -0.39 is 17.4 Å². The molecule has 0 aliphatic heterocycles. The van der Waals surface area contributed by atoms with Crippen molar-refractivity contribution < 1.29 is 13.2 Å². The molecule has 0 bridgehead atoms. The zero-order valence-electron chi connectivity index (χ0n) is 11.0. The Kier molecular flexibility index (Phi) is 3.34. The molecule has 1 heterocycles. The summed E-state index contributed by atoms with van der Waals surface area (Å²) >= 11 is 5.97. The van der Waals surface area contributed by atoms with Gasteiger partial charge in [0.15, 0.2) is 0 Å². The molecular formula is C16H8ClF3N2. The molecule has 0 atom stereocenters. The first kappa shape index (κ1) is 14.5. The van der Waals surface area contributed by atoms with Crippen molar-refractivity contribution in [2.75, 3.05) is 0 Å². The Hall–Kier alpha value is -2.45. The SMILES string of the molecule is N#Cc1c(C(F)(F)F)[nH]c(-c2ccc3ccccc3c2)c1Cl. The van der Waals surface area contributed by atoms with Crippen molar-refractivity contribution in [3.63, 3.8) is 0 Å². The maximum Gasteiger partial charge on any atom is 0.432 e. The standard InChI is InChI=1S/C16H8ClF3N2/c17-13-12(8-21)15(16(18,19)20)22-14(13)11-6-5-9-3-1-2-4-10(9)7-11/h1-7,22H. The molecular weight excluding hydrogens is 313 g/mol. The number of halogens is 4. The number of nitrogens with zero attached hydrogens (tertiary/aromatic N) is 1. The summed E-state index contributed by atoms with van der Waals surface area (Å²) in [5.74, 6) is 0. The largest absolute Gasteiger partial charge is 0.432 e. The second kappa shape index (κ2) is 5.08. The highest BCUT2D eigenvalue weighted by atomic mass is 35.5. The number of aromatic amines is 1. The highest BCUT2D eigenvalue weighted by molar-refractivity contribution is 6.34. The number of nitrogens with one attached hydrogen (secondary N) is 1. The van der Waals surface area contributed by atoms with Crippen molar-refractivity contribution in [1.82, 2.24) is 4.98 Å². The Morgan fingerprint density at radius 3 is 2.32 bits per heavy atom. The molecule has 0 unspecified atom stereocenters. The van der Waals surface area contributed by atoms with Crippen LogP contribution in [-0.2, 0) is 6.18 Å². The van der Waals surface area contributed by atoms with Gasteiger partial charge in [0.1, 0.15) is 17.3 Å². The number of benzene rings is 2. The van der Waals surface area contributed by atoms with Gasteiger partial charge >= 0.3 is 6.18 Å². The van der Waals surface area contributed by atoms with E-state index in [9.17, 15) is 13.2 Å². The third-order valence-corrected chi connectivity index (χ3v) is 3.75. The van der Waals surface area contributed by atoms with E-state index in [1.54, 1.807) is 18.2 Å². The van der Waals surface area contributed by atoms with Crippen LogP contribution in [0.2, 0.25) is 5.02 Å². The Balaban J connectivity index is 2.23. The Labute approximate surface area is 128 Å². The van der Waals surface area contributed by atoms with Crippen LogP contribution < -0.4 is 0 Å². The van der Waals surface area contributed by atoms with E-state index in [0.717, 1.165) is 10.8 Å². The predicted molar refractivity (Wildman–Crippen MR) is 78.5 cm³/mol. The van der Waals surface area contributed by atoms with Crippen molar-refractivity contribution in [2.24, 2.45) is 0 Å². The minimum atomic E-state index is -4.66. The Morgan fingerprint density at radius 2 is 1.73 bits per heavy atom. The Bertz CT molecular complexity index is 904. The molecule has 0 aliphatic rings. The molecule has 1 aromatic heterocycles. The number of H-pyrrole nitrogens is 1. The van der Waals surface area contributed by atoms with Crippen molar-refractivity contribution in [2.45, 2.75) is 6.18 Å². The third-order valence-electron chi connectivity index (χ3n) is 3.37. The first-order valence-corrected chi connectivity index (χ1v) is 6.67. The molecule has 0 saturated carbocycles. The number of fused-ring (bicyclic) bond motifs is 1. The predicted octanol–water partition coefficient (Wildman–Crippen LogP) is 5.38. The first-order valence-electron chi connectivity index (χ1n) is 6.29. The van der Waals surface area contributed by atoms with E-state index in [4.69, 9.17) is 16.9 Å². The van der Waals surface area contributed by atoms with Crippen molar-refractivity contribution >= 4 is 22.4 Å². The lowest BCUT2D eigenvalue weighted by Crippen LogP contribution is -2.07. The van der Waals surface area contributed by atoms with E-state index in [2.05, 4.69) is 4.98 Å². The molecule has 0 fully saturated rings. The summed E-state index contributed by atoms with van der Waals surface area (Å²) in [4.78, 5) is 2.24. The fraction of sp³-hybridized carbons (Fsp3) is 0.0625. The van der Waals surface area contributed by atoms with Gasteiger partial charge in [0.2, 0.25) is 0 Å². The van der Waals surface area contributed by atoms with Gasteiger partial charge in [-0.15, -0.1) is 0 Å². The van der Waals surface area contributed by atoms with Crippen LogP contribution in [-0.4, -0.2) is 4.98 Å². The summed E-state index contributed by atoms with van der Waals surface area (Å²) in [7, 11) is 0. The zero-order chi connectivity index (χ0) is 15.9. The van der Waals surface area contributed by atoms with Gasteiger partial charge in [-0.25, -0.2) is 0 Å². The molecule has 0 spiro atoms. The molecule has 3 rings (SSSR count). The van der Waals surface area contributed by atoms with Gasteiger partial charge in [0.25, 0.3) is 0 Å². The van der Waals surface area contributed by atoms with E-state index in [1.807, 2.05) is 24.3 Å². The maximum absolute atomic E-state index is 13.0. The molecule has 3 aromatic rings. The Morgan fingerprint density at radius 1 is 1.05 bits per heavy atom. The van der Waals surface area contributed by atoms with E-state index in [-0.39, 0.29) is 10.7 Å². The van der Waals surface area contributed by atoms with E-state index in [1.165, 1.54) is 6.07 Å². The molecule has 0 aliphatic carbocycles. The molecule has 110 valence electrons. The molecule has 6 heteroatoms. The van der Waals surface area contributed by atoms with Crippen LogP contribution in [0.15, 0.2) is 42.5 Å². The van der Waals surface area contributed by atoms with Crippen molar-refractivity contribution in [3.05, 3.63) is 58.7 Å². The van der Waals surface area contributed by atoms with E-state index >= 15 is 0 Å². The van der Waals surface area contributed by atoms with Crippen LogP contribution in [0.3, 0.4) is 0 Å². The van der Waals surface area contributed by atoms with Gasteiger partial charge in [-0.1, -0.05) is 48.0 Å². The second-order valence-corrected chi connectivity index (χ2v) is 5.11. The molecule has 2 aromatic carbocycles. The van der Waals surface area contributed by atoms with Gasteiger partial charge in [0, 0.05) is 5.56 Å². The van der Waals surface area contributed by atoms with Gasteiger partial charge in [-0.3, -0.25) is 0 Å². The third kappa shape index (κ3) is 2.32. The monoisotopic (exact) mass is 320 g/mol. The van der Waals surface area contributed by atoms with Crippen LogP contribution in [0.5, 0.6) is 0 Å². The first-order chi connectivity index (χ1) is 10.4. The molecule has 22 heavy (non-hydrogen) atoms. The summed E-state index contributed by atoms with van der Waals surface area (Å²) in [5, 5.41) is 10.6. The van der Waals surface area contributed by atoms with Crippen molar-refractivity contribution in [1.29, 1.82) is 5.26 Å². The topological polar surface area (TPSA) is 39.6 Å². The van der Waals surface area contributed by atoms with Crippen LogP contribution >= 0.6 is 11.6 Å². The lowest BCUT2D eigenvalue weighted by Gasteiger charge is -2.04. The van der Waals surface area contributed by atoms with Crippen LogP contribution in [0.25, 0.3) is 22.0 Å². The van der Waals surface area contributed by atoms with Crippen LogP contribution in [0.4, 0.5) is 13.2 Å². The number of alkyl halides is 3. The number of hydrogen-bond acceptors (Lipinski definition) is 1. The summed E-state index contributed by atoms with van der Waals surface area (Å²) in [5.41, 5.74) is -1.12. The fourth-order valence-electron chi connectivity index (χ4n) is 2.34. The lowest BCUT2D eigenvalue weighted by atomic mass is 10.0. The fourth-order valence-corrected chi connectivity index (χ4v) is 2.63. The summed E-state index contributed by atoms with van der Waals surface area (Å²) in [6, 6.07) is 14.2. The molecule has 2 nitrogen and oxygen atoms in total. The summed E-state index contributed by atoms with van der Waals surface area (Å²) < 4.78 is 38.9. The molecule has 0 amide bonds. The average molecular weight is 321 g/mol. The number of rotatable bonds is 1. The van der Waals surface area contributed by atoms with Crippen LogP contribution in [0.1, 0.15) is 11.3 Å². The maximum atomic E-state index is 13.0. The highest BCUT2D eigenvalue weighted by Crippen LogP contribution is 2.40. The molecule has 0 radical (unpaired) electrons. The highest BCUT2D eigenvalue weighted by Gasteiger charge is 2.38. The number of aromatic nitrogens is 1. The van der Waals surface area contributed by atoms with Gasteiger partial charge < -0.3 is 4.98 Å². The van der Waals surface area contributed by atoms with Crippen molar-refractivity contribution in [3.8, 4) is 17.3 Å². The minimum Gasteiger partial charge on any atom is -0.349 e. The smallest absolute Gasteiger partial charge is 0.349 e. The normalized spacial score (nSPS) is 11.6. The van der Waals surface area contributed by atoms with Gasteiger partial charge in [0.05, 0.1) is 10.7 Å². The quantitative estimate of drug-likeness (QED) is 0.642. The molecule has 0 saturated heterocycles. The number of nitriles is 1. The average Bonchev–Trinajstić information content (AvgIpc) is 2.83. The zero-order valence-corrected chi connectivity index (χ0v) is 11.8. The summed E-state index contributed by atoms with van der Waals surface area (Å²) in [6.45, 7) is 0. The van der Waals surface area contributed by atoms with Gasteiger partial charge in [-0.05, 0) is 16.8 Å². The van der Waals surface area contributed by atoms with Crippen LogP contribution in [0, 0.1) is 11.3 Å². The van der Waals surface area contributed by atoms with E-state index in [0.29, 0.717) is 5.56 Å². The second-order valence-electron chi connectivity index (χ2n) is 4.74. The lowest BCUT2D eigenvalue weighted by molar-refractivity contribution is -0.140. The van der Waals surface area contributed by atoms with Gasteiger partial charge in [-0.2, -0.15) is 18.4 Å². The minimum absolute atomic E-state index is 0.0938.